The van der Waals surface area contributed by atoms with Crippen LogP contribution in [0.15, 0.2) is 52.9 Å². The van der Waals surface area contributed by atoms with Gasteiger partial charge < -0.3 is 24.0 Å². The summed E-state index contributed by atoms with van der Waals surface area (Å²) in [6.45, 7) is 9.24. The molecule has 2 aromatic rings. The minimum atomic E-state index is -3.48. The molecule has 4 heterocycles. The fraction of sp³-hybridized carbons (Fsp3) is 0.579. The van der Waals surface area contributed by atoms with Gasteiger partial charge in [0.1, 0.15) is 15.7 Å². The normalized spacial score (nSPS) is 34.8. The van der Waals surface area contributed by atoms with Crippen molar-refractivity contribution < 1.29 is 28.0 Å². The van der Waals surface area contributed by atoms with Gasteiger partial charge in [-0.15, -0.1) is 4.36 Å². The number of fused-ring (bicyclic) bond motifs is 5. The number of hydrogen-bond acceptors (Lipinski definition) is 7. The number of methoxy groups -OCH3 is 1. The molecule has 4 aliphatic heterocycles. The third-order valence-corrected chi connectivity index (χ3v) is 13.7. The number of ether oxygens (including phenoxy) is 3. The summed E-state index contributed by atoms with van der Waals surface area (Å²) in [5.74, 6) is 0.354. The van der Waals surface area contributed by atoms with E-state index in [1.54, 1.807) is 18.1 Å². The van der Waals surface area contributed by atoms with Gasteiger partial charge in [0.2, 0.25) is 0 Å². The fourth-order valence-electron chi connectivity index (χ4n) is 8.60. The van der Waals surface area contributed by atoms with E-state index in [1.807, 2.05) is 25.1 Å². The van der Waals surface area contributed by atoms with Crippen molar-refractivity contribution >= 4 is 39.1 Å². The van der Waals surface area contributed by atoms with E-state index in [4.69, 9.17) is 25.8 Å². The molecule has 1 aliphatic carbocycles. The van der Waals surface area contributed by atoms with Gasteiger partial charge in [0.15, 0.2) is 0 Å². The Bertz CT molecular complexity index is 1780. The summed E-state index contributed by atoms with van der Waals surface area (Å²) in [7, 11) is -1.74. The maximum atomic E-state index is 14.6. The first-order chi connectivity index (χ1) is 24.0. The van der Waals surface area contributed by atoms with Crippen LogP contribution in [0.3, 0.4) is 0 Å². The Kier molecular flexibility index (Phi) is 9.97. The number of aryl methyl sites for hydroxylation is 1. The van der Waals surface area contributed by atoms with Crippen LogP contribution in [0.25, 0.3) is 0 Å². The van der Waals surface area contributed by atoms with E-state index in [2.05, 4.69) is 52.1 Å². The molecule has 8 atom stereocenters. The number of nitrogens with zero attached hydrogens (tertiary/aromatic N) is 3. The molecule has 0 saturated carbocycles. The Hall–Kier alpha value is -3.12. The van der Waals surface area contributed by atoms with Crippen LogP contribution >= 0.6 is 11.6 Å². The maximum absolute atomic E-state index is 14.6. The summed E-state index contributed by atoms with van der Waals surface area (Å²) < 4.78 is 39.8. The first kappa shape index (κ1) is 35.3. The van der Waals surface area contributed by atoms with Crippen LogP contribution in [-0.2, 0) is 31.2 Å². The molecule has 10 nitrogen and oxygen atoms in total. The van der Waals surface area contributed by atoms with Gasteiger partial charge in [-0.1, -0.05) is 50.6 Å². The lowest BCUT2D eigenvalue weighted by Crippen LogP contribution is -2.68. The van der Waals surface area contributed by atoms with Crippen LogP contribution in [0.1, 0.15) is 67.9 Å². The number of morpholine rings is 1. The SMILES string of the molecule is CO[C@H]1/C=C/C[C@H](C)C[S@@](=O)(NC(=O)N2C3COCC2C3)=NC(=O)c2ccc3c(c2)N(C[C@H](C)[C@H]1C)C[C@@]1(CCCc2cc(Cl)ccc21)CO3. The Balaban J connectivity index is 1.28. The summed E-state index contributed by atoms with van der Waals surface area (Å²) in [4.78, 5) is 31.5. The highest BCUT2D eigenvalue weighted by Gasteiger charge is 2.46. The average molecular weight is 725 g/mol. The number of amides is 3. The topological polar surface area (TPSA) is 110 Å². The van der Waals surface area contributed by atoms with E-state index < -0.39 is 21.9 Å². The minimum absolute atomic E-state index is 0.0320. The zero-order valence-electron chi connectivity index (χ0n) is 29.4. The smallest absolute Gasteiger partial charge is 0.330 e. The Morgan fingerprint density at radius 1 is 1.14 bits per heavy atom. The summed E-state index contributed by atoms with van der Waals surface area (Å²) in [5, 5.41) is 0.737. The van der Waals surface area contributed by atoms with Crippen molar-refractivity contribution in [2.45, 2.75) is 76.5 Å². The minimum Gasteiger partial charge on any atom is -0.490 e. The number of rotatable bonds is 2. The quantitative estimate of drug-likeness (QED) is 0.357. The number of urea groups is 1. The number of nitrogens with one attached hydrogen (secondary N) is 1. The Morgan fingerprint density at radius 3 is 2.70 bits per heavy atom. The van der Waals surface area contributed by atoms with Crippen molar-refractivity contribution in [1.82, 2.24) is 9.62 Å². The first-order valence-electron chi connectivity index (χ1n) is 17.9. The molecule has 2 unspecified atom stereocenters. The van der Waals surface area contributed by atoms with E-state index in [0.717, 1.165) is 36.4 Å². The number of anilines is 1. The van der Waals surface area contributed by atoms with E-state index >= 15 is 0 Å². The molecule has 7 rings (SSSR count). The lowest BCUT2D eigenvalue weighted by molar-refractivity contribution is -0.0985. The van der Waals surface area contributed by atoms with E-state index in [1.165, 1.54) is 11.1 Å². The van der Waals surface area contributed by atoms with Gasteiger partial charge in [-0.05, 0) is 91.3 Å². The molecule has 4 bridgehead atoms. The molecule has 50 heavy (non-hydrogen) atoms. The molecule has 1 spiro atoms. The molecule has 12 heteroatoms. The maximum Gasteiger partial charge on any atom is 0.330 e. The lowest BCUT2D eigenvalue weighted by atomic mass is 9.70. The van der Waals surface area contributed by atoms with Crippen molar-refractivity contribution in [1.29, 1.82) is 0 Å². The standard InChI is InChI=1S/C38H49ClN4O6S/c1-24-7-5-9-34(47-4)26(3)25(2)18-42-22-38(14-6-8-27-15-29(39)11-12-32(27)38)23-49-35-13-10-28(16-33(35)42)36(44)40-50(46,21-24)41-37(45)43-30-17-31(43)20-48-19-30/h5,9-13,15-16,24-26,30-31,34H,6-8,14,17-23H2,1-4H3,(H,40,41,44,45,46)/b9-5+/t24-,25-,26+,30?,31?,34-,38-,50-/m0/s1. The predicted octanol–water partition coefficient (Wildman–Crippen LogP) is 6.40. The predicted molar refractivity (Wildman–Crippen MR) is 195 cm³/mol. The number of halogens is 1. The summed E-state index contributed by atoms with van der Waals surface area (Å²) in [5.41, 5.74) is 3.35. The summed E-state index contributed by atoms with van der Waals surface area (Å²) >= 11 is 6.45. The number of carbonyl (C=O) groups excluding carboxylic acids is 2. The monoisotopic (exact) mass is 724 g/mol. The van der Waals surface area contributed by atoms with Crippen molar-refractivity contribution in [3.05, 3.63) is 70.3 Å². The molecule has 0 radical (unpaired) electrons. The molecule has 2 saturated heterocycles. The van der Waals surface area contributed by atoms with Gasteiger partial charge in [-0.2, -0.15) is 0 Å². The molecule has 5 aliphatic rings. The van der Waals surface area contributed by atoms with Crippen LogP contribution < -0.4 is 14.4 Å². The number of hydrogen-bond donors (Lipinski definition) is 1. The zero-order chi connectivity index (χ0) is 35.2. The molecule has 1 N–H and O–H groups in total. The fourth-order valence-corrected chi connectivity index (χ4v) is 10.7. The molecule has 0 aromatic heterocycles. The van der Waals surface area contributed by atoms with E-state index in [0.29, 0.717) is 50.6 Å². The van der Waals surface area contributed by atoms with Crippen LogP contribution in [0.2, 0.25) is 5.02 Å². The molecular formula is C38H49ClN4O6S. The van der Waals surface area contributed by atoms with Crippen molar-refractivity contribution in [2.24, 2.45) is 22.1 Å². The molecule has 3 amide bonds. The second-order valence-electron chi connectivity index (χ2n) is 15.2. The van der Waals surface area contributed by atoms with Gasteiger partial charge in [-0.25, -0.2) is 9.00 Å². The molecule has 2 aromatic carbocycles. The Morgan fingerprint density at radius 2 is 1.94 bits per heavy atom. The third kappa shape index (κ3) is 6.90. The second kappa shape index (κ2) is 14.1. The van der Waals surface area contributed by atoms with Crippen LogP contribution in [0.4, 0.5) is 10.5 Å². The Labute approximate surface area is 301 Å². The first-order valence-corrected chi connectivity index (χ1v) is 20.0. The number of benzene rings is 2. The van der Waals surface area contributed by atoms with Crippen molar-refractivity contribution in [3.63, 3.8) is 0 Å². The van der Waals surface area contributed by atoms with E-state index in [-0.39, 0.29) is 47.1 Å². The highest BCUT2D eigenvalue weighted by atomic mass is 35.5. The average Bonchev–Trinajstić information content (AvgIpc) is 3.22. The largest absolute Gasteiger partial charge is 0.490 e. The third-order valence-electron chi connectivity index (χ3n) is 11.5. The van der Waals surface area contributed by atoms with Gasteiger partial charge in [-0.3, -0.25) is 9.52 Å². The van der Waals surface area contributed by atoms with E-state index in [9.17, 15) is 13.8 Å². The summed E-state index contributed by atoms with van der Waals surface area (Å²) in [6, 6.07) is 11.0. The molecule has 270 valence electrons. The van der Waals surface area contributed by atoms with Crippen LogP contribution in [0, 0.1) is 17.8 Å². The number of carbonyl (C=O) groups is 2. The second-order valence-corrected chi connectivity index (χ2v) is 17.6. The van der Waals surface area contributed by atoms with Gasteiger partial charge in [0.05, 0.1) is 49.4 Å². The molecule has 2 fully saturated rings. The molecular weight excluding hydrogens is 676 g/mol. The lowest BCUT2D eigenvalue weighted by Gasteiger charge is -2.51. The van der Waals surface area contributed by atoms with Crippen LogP contribution in [-0.4, -0.2) is 85.0 Å². The highest BCUT2D eigenvalue weighted by molar-refractivity contribution is 7.92. The highest BCUT2D eigenvalue weighted by Crippen LogP contribution is 2.45. The number of allylic oxidation sites excluding steroid dienone is 1. The van der Waals surface area contributed by atoms with Gasteiger partial charge in [0.25, 0.3) is 5.91 Å². The summed E-state index contributed by atoms with van der Waals surface area (Å²) in [6.07, 6.45) is 8.44. The van der Waals surface area contributed by atoms with Gasteiger partial charge in [0, 0.05) is 36.2 Å². The van der Waals surface area contributed by atoms with Gasteiger partial charge >= 0.3 is 6.03 Å². The van der Waals surface area contributed by atoms with Crippen LogP contribution in [0.5, 0.6) is 5.75 Å². The zero-order valence-corrected chi connectivity index (χ0v) is 31.0. The van der Waals surface area contributed by atoms with Crippen molar-refractivity contribution in [3.8, 4) is 5.75 Å². The van der Waals surface area contributed by atoms with Crippen molar-refractivity contribution in [2.75, 3.05) is 50.7 Å².